The lowest BCUT2D eigenvalue weighted by Gasteiger charge is -2.03. The number of pyridine rings is 1. The SMILES string of the molecule is Nc1ccc(-c2cn3c(C(=O)O)cccc3n2)c(C=NO)c1. The molecule has 0 spiro atoms. The molecule has 0 radical (unpaired) electrons. The molecule has 22 heavy (non-hydrogen) atoms. The van der Waals surface area contributed by atoms with Gasteiger partial charge >= 0.3 is 5.97 Å². The Morgan fingerprint density at radius 3 is 2.86 bits per heavy atom. The number of carboxylic acid groups (broad SMARTS) is 1. The van der Waals surface area contributed by atoms with Gasteiger partial charge in [-0.05, 0) is 24.3 Å². The minimum absolute atomic E-state index is 0.115. The van der Waals surface area contributed by atoms with Crippen molar-refractivity contribution in [1.82, 2.24) is 9.38 Å². The number of hydrogen-bond acceptors (Lipinski definition) is 5. The van der Waals surface area contributed by atoms with Gasteiger partial charge in [-0.25, -0.2) is 9.78 Å². The topological polar surface area (TPSA) is 113 Å². The van der Waals surface area contributed by atoms with Gasteiger partial charge in [0.1, 0.15) is 11.3 Å². The molecule has 3 aromatic rings. The van der Waals surface area contributed by atoms with Crippen LogP contribution in [0.15, 0.2) is 47.8 Å². The van der Waals surface area contributed by atoms with Crippen molar-refractivity contribution >= 4 is 23.5 Å². The molecule has 4 N–H and O–H groups in total. The van der Waals surface area contributed by atoms with Gasteiger partial charge in [-0.2, -0.15) is 0 Å². The molecule has 2 heterocycles. The molecular weight excluding hydrogens is 284 g/mol. The van der Waals surface area contributed by atoms with Crippen LogP contribution in [-0.2, 0) is 0 Å². The third-order valence-electron chi connectivity index (χ3n) is 3.26. The van der Waals surface area contributed by atoms with Crippen molar-refractivity contribution < 1.29 is 15.1 Å². The molecule has 0 aliphatic rings. The lowest BCUT2D eigenvalue weighted by molar-refractivity contribution is 0.0689. The van der Waals surface area contributed by atoms with Gasteiger partial charge in [-0.1, -0.05) is 17.3 Å². The molecule has 2 aromatic heterocycles. The average molecular weight is 296 g/mol. The molecule has 0 atom stereocenters. The third kappa shape index (κ3) is 2.24. The number of carboxylic acids is 1. The van der Waals surface area contributed by atoms with E-state index in [1.807, 2.05) is 0 Å². The van der Waals surface area contributed by atoms with Gasteiger partial charge < -0.3 is 16.0 Å². The largest absolute Gasteiger partial charge is 0.477 e. The van der Waals surface area contributed by atoms with Crippen LogP contribution in [0.1, 0.15) is 16.1 Å². The number of fused-ring (bicyclic) bond motifs is 1. The Bertz CT molecular complexity index is 899. The van der Waals surface area contributed by atoms with Gasteiger partial charge in [0.15, 0.2) is 0 Å². The summed E-state index contributed by atoms with van der Waals surface area (Å²) in [5.41, 5.74) is 8.71. The fourth-order valence-electron chi connectivity index (χ4n) is 2.30. The Balaban J connectivity index is 2.23. The first-order valence-electron chi connectivity index (χ1n) is 6.39. The summed E-state index contributed by atoms with van der Waals surface area (Å²) in [6.07, 6.45) is 2.88. The van der Waals surface area contributed by atoms with Crippen LogP contribution in [0.3, 0.4) is 0 Å². The molecule has 7 heteroatoms. The predicted octanol–water partition coefficient (Wildman–Crippen LogP) is 2.09. The second kappa shape index (κ2) is 5.21. The van der Waals surface area contributed by atoms with Gasteiger partial charge in [-0.3, -0.25) is 4.40 Å². The molecule has 3 rings (SSSR count). The molecule has 0 amide bonds. The Morgan fingerprint density at radius 1 is 1.32 bits per heavy atom. The number of carbonyl (C=O) groups is 1. The maximum absolute atomic E-state index is 11.3. The molecule has 0 bridgehead atoms. The highest BCUT2D eigenvalue weighted by Gasteiger charge is 2.13. The quantitative estimate of drug-likeness (QED) is 0.296. The van der Waals surface area contributed by atoms with E-state index in [4.69, 9.17) is 10.9 Å². The van der Waals surface area contributed by atoms with Gasteiger partial charge in [0, 0.05) is 23.0 Å². The molecule has 0 aliphatic heterocycles. The zero-order chi connectivity index (χ0) is 15.7. The minimum Gasteiger partial charge on any atom is -0.477 e. The Morgan fingerprint density at radius 2 is 2.14 bits per heavy atom. The number of nitrogen functional groups attached to an aromatic ring is 1. The van der Waals surface area contributed by atoms with Crippen molar-refractivity contribution in [3.63, 3.8) is 0 Å². The van der Waals surface area contributed by atoms with Crippen molar-refractivity contribution in [2.75, 3.05) is 5.73 Å². The molecule has 0 unspecified atom stereocenters. The van der Waals surface area contributed by atoms with Crippen molar-refractivity contribution in [3.05, 3.63) is 53.9 Å². The van der Waals surface area contributed by atoms with Gasteiger partial charge in [0.05, 0.1) is 11.9 Å². The summed E-state index contributed by atoms with van der Waals surface area (Å²) in [7, 11) is 0. The van der Waals surface area contributed by atoms with Crippen LogP contribution < -0.4 is 5.73 Å². The van der Waals surface area contributed by atoms with Gasteiger partial charge in [0.25, 0.3) is 0 Å². The number of hydrogen-bond donors (Lipinski definition) is 3. The van der Waals surface area contributed by atoms with Crippen LogP contribution >= 0.6 is 0 Å². The number of aromatic nitrogens is 2. The van der Waals surface area contributed by atoms with E-state index in [9.17, 15) is 9.90 Å². The number of nitrogens with zero attached hydrogens (tertiary/aromatic N) is 3. The van der Waals surface area contributed by atoms with E-state index in [1.54, 1.807) is 36.5 Å². The fourth-order valence-corrected chi connectivity index (χ4v) is 2.30. The Hall–Kier alpha value is -3.35. The first-order chi connectivity index (χ1) is 10.6. The lowest BCUT2D eigenvalue weighted by Crippen LogP contribution is -2.03. The van der Waals surface area contributed by atoms with Crippen LogP contribution in [0.2, 0.25) is 0 Å². The number of rotatable bonds is 3. The third-order valence-corrected chi connectivity index (χ3v) is 3.26. The van der Waals surface area contributed by atoms with Crippen molar-refractivity contribution in [3.8, 4) is 11.3 Å². The first kappa shape index (κ1) is 13.6. The summed E-state index contributed by atoms with van der Waals surface area (Å²) in [5.74, 6) is -1.04. The highest BCUT2D eigenvalue weighted by Crippen LogP contribution is 2.25. The Labute approximate surface area is 124 Å². The second-order valence-electron chi connectivity index (χ2n) is 4.66. The van der Waals surface area contributed by atoms with Gasteiger partial charge in [-0.15, -0.1) is 0 Å². The molecular formula is C15H12N4O3. The van der Waals surface area contributed by atoms with Crippen LogP contribution in [-0.4, -0.2) is 31.9 Å². The average Bonchev–Trinajstić information content (AvgIpc) is 2.91. The molecule has 1 aromatic carbocycles. The van der Waals surface area contributed by atoms with E-state index < -0.39 is 5.97 Å². The number of anilines is 1. The molecule has 7 nitrogen and oxygen atoms in total. The van der Waals surface area contributed by atoms with Gasteiger partial charge in [0.2, 0.25) is 0 Å². The predicted molar refractivity (Wildman–Crippen MR) is 81.4 cm³/mol. The summed E-state index contributed by atoms with van der Waals surface area (Å²) in [5, 5.41) is 21.0. The Kier molecular flexibility index (Phi) is 3.23. The highest BCUT2D eigenvalue weighted by atomic mass is 16.4. The van der Waals surface area contributed by atoms with E-state index in [2.05, 4.69) is 10.1 Å². The summed E-state index contributed by atoms with van der Waals surface area (Å²) in [6.45, 7) is 0. The number of aromatic carboxylic acids is 1. The summed E-state index contributed by atoms with van der Waals surface area (Å²) in [4.78, 5) is 15.7. The maximum Gasteiger partial charge on any atom is 0.352 e. The van der Waals surface area contributed by atoms with Crippen LogP contribution in [0.25, 0.3) is 16.9 Å². The number of benzene rings is 1. The van der Waals surface area contributed by atoms with Crippen molar-refractivity contribution in [2.24, 2.45) is 5.16 Å². The van der Waals surface area contributed by atoms with Crippen LogP contribution in [0, 0.1) is 0 Å². The van der Waals surface area contributed by atoms with E-state index in [0.717, 1.165) is 0 Å². The standard InChI is InChI=1S/C15H12N4O3/c16-10-4-5-11(9(6-10)7-17-22)12-8-19-13(15(20)21)2-1-3-14(19)18-12/h1-8,22H,16H2,(H,20,21). The summed E-state index contributed by atoms with van der Waals surface area (Å²) >= 11 is 0. The zero-order valence-corrected chi connectivity index (χ0v) is 11.3. The normalized spacial score (nSPS) is 11.3. The monoisotopic (exact) mass is 296 g/mol. The van der Waals surface area contributed by atoms with E-state index >= 15 is 0 Å². The minimum atomic E-state index is -1.04. The van der Waals surface area contributed by atoms with Crippen molar-refractivity contribution in [1.29, 1.82) is 0 Å². The molecule has 0 saturated carbocycles. The fraction of sp³-hybridized carbons (Fsp3) is 0. The van der Waals surface area contributed by atoms with E-state index in [0.29, 0.717) is 28.2 Å². The number of oxime groups is 1. The molecule has 0 saturated heterocycles. The van der Waals surface area contributed by atoms with Crippen molar-refractivity contribution in [2.45, 2.75) is 0 Å². The lowest BCUT2D eigenvalue weighted by atomic mass is 10.1. The smallest absolute Gasteiger partial charge is 0.352 e. The highest BCUT2D eigenvalue weighted by molar-refractivity contribution is 5.91. The molecule has 0 aliphatic carbocycles. The molecule has 110 valence electrons. The number of nitrogens with two attached hydrogens (primary N) is 1. The molecule has 0 fully saturated rings. The number of imidazole rings is 1. The first-order valence-corrected chi connectivity index (χ1v) is 6.39. The second-order valence-corrected chi connectivity index (χ2v) is 4.66. The maximum atomic E-state index is 11.3. The summed E-state index contributed by atoms with van der Waals surface area (Å²) in [6, 6.07) is 9.94. The zero-order valence-electron chi connectivity index (χ0n) is 11.3. The van der Waals surface area contributed by atoms with Crippen LogP contribution in [0.4, 0.5) is 5.69 Å². The van der Waals surface area contributed by atoms with Crippen LogP contribution in [0.5, 0.6) is 0 Å². The van der Waals surface area contributed by atoms with E-state index in [-0.39, 0.29) is 5.69 Å². The van der Waals surface area contributed by atoms with E-state index in [1.165, 1.54) is 16.7 Å². The summed E-state index contributed by atoms with van der Waals surface area (Å²) < 4.78 is 1.49.